The largest absolute Gasteiger partial charge is 0.288 e. The SMILES string of the molecule is CCCCCCCCCCCCCCCCN(O)c1ccccc1. The maximum absolute atomic E-state index is 9.95. The summed E-state index contributed by atoms with van der Waals surface area (Å²) in [5.74, 6) is 0. The minimum Gasteiger partial charge on any atom is -0.288 e. The van der Waals surface area contributed by atoms with Crippen LogP contribution in [0.4, 0.5) is 5.69 Å². The molecule has 0 unspecified atom stereocenters. The summed E-state index contributed by atoms with van der Waals surface area (Å²) in [7, 11) is 0. The highest BCUT2D eigenvalue weighted by Crippen LogP contribution is 2.14. The van der Waals surface area contributed by atoms with Crippen molar-refractivity contribution in [3.05, 3.63) is 30.3 Å². The van der Waals surface area contributed by atoms with Crippen LogP contribution in [0, 0.1) is 0 Å². The predicted molar refractivity (Wildman–Crippen MR) is 106 cm³/mol. The van der Waals surface area contributed by atoms with Gasteiger partial charge in [-0.25, -0.2) is 0 Å². The van der Waals surface area contributed by atoms with Crippen LogP contribution in [-0.4, -0.2) is 11.8 Å². The molecule has 0 aromatic heterocycles. The normalized spacial score (nSPS) is 10.9. The molecule has 1 aromatic rings. The lowest BCUT2D eigenvalue weighted by atomic mass is 10.0. The van der Waals surface area contributed by atoms with Gasteiger partial charge in [-0.3, -0.25) is 10.3 Å². The molecule has 2 heteroatoms. The summed E-state index contributed by atoms with van der Waals surface area (Å²) < 4.78 is 0. The van der Waals surface area contributed by atoms with Crippen molar-refractivity contribution in [1.29, 1.82) is 0 Å². The molecule has 1 rings (SSSR count). The summed E-state index contributed by atoms with van der Waals surface area (Å²) in [6.07, 6.45) is 19.1. The molecular weight excluding hydrogens is 294 g/mol. The molecule has 0 spiro atoms. The Morgan fingerprint density at radius 1 is 0.625 bits per heavy atom. The van der Waals surface area contributed by atoms with Gasteiger partial charge >= 0.3 is 0 Å². The molecule has 0 radical (unpaired) electrons. The smallest absolute Gasteiger partial charge is 0.0634 e. The van der Waals surface area contributed by atoms with E-state index in [2.05, 4.69) is 6.92 Å². The molecule has 24 heavy (non-hydrogen) atoms. The zero-order valence-corrected chi connectivity index (χ0v) is 15.9. The zero-order valence-electron chi connectivity index (χ0n) is 15.9. The Morgan fingerprint density at radius 2 is 1.04 bits per heavy atom. The summed E-state index contributed by atoms with van der Waals surface area (Å²) in [6.45, 7) is 3.02. The van der Waals surface area contributed by atoms with Crippen molar-refractivity contribution in [2.24, 2.45) is 0 Å². The van der Waals surface area contributed by atoms with Crippen LogP contribution in [0.2, 0.25) is 0 Å². The third-order valence-corrected chi connectivity index (χ3v) is 4.78. The molecule has 0 heterocycles. The number of hydroxylamine groups is 1. The van der Waals surface area contributed by atoms with E-state index in [0.717, 1.165) is 18.7 Å². The average Bonchev–Trinajstić information content (AvgIpc) is 2.62. The van der Waals surface area contributed by atoms with Crippen LogP contribution >= 0.6 is 0 Å². The molecule has 0 aliphatic rings. The van der Waals surface area contributed by atoms with Gasteiger partial charge in [-0.15, -0.1) is 0 Å². The fraction of sp³-hybridized carbons (Fsp3) is 0.727. The monoisotopic (exact) mass is 333 g/mol. The van der Waals surface area contributed by atoms with Gasteiger partial charge in [0.1, 0.15) is 0 Å². The van der Waals surface area contributed by atoms with Gasteiger partial charge in [0.15, 0.2) is 0 Å². The Morgan fingerprint density at radius 3 is 1.50 bits per heavy atom. The van der Waals surface area contributed by atoms with Crippen molar-refractivity contribution in [1.82, 2.24) is 0 Å². The van der Waals surface area contributed by atoms with Crippen LogP contribution in [-0.2, 0) is 0 Å². The molecule has 0 fully saturated rings. The summed E-state index contributed by atoms with van der Waals surface area (Å²) >= 11 is 0. The lowest BCUT2D eigenvalue weighted by molar-refractivity contribution is 0.251. The first-order valence-corrected chi connectivity index (χ1v) is 10.4. The molecule has 2 nitrogen and oxygen atoms in total. The second-order valence-electron chi connectivity index (χ2n) is 7.05. The number of para-hydroxylation sites is 1. The third-order valence-electron chi connectivity index (χ3n) is 4.78. The van der Waals surface area contributed by atoms with E-state index in [1.165, 1.54) is 88.5 Å². The summed E-state index contributed by atoms with van der Waals surface area (Å²) in [5.41, 5.74) is 0.896. The highest BCUT2D eigenvalue weighted by atomic mass is 16.5. The van der Waals surface area contributed by atoms with E-state index in [-0.39, 0.29) is 0 Å². The van der Waals surface area contributed by atoms with Crippen molar-refractivity contribution < 1.29 is 5.21 Å². The van der Waals surface area contributed by atoms with E-state index >= 15 is 0 Å². The lowest BCUT2D eigenvalue weighted by Gasteiger charge is -2.16. The minimum atomic E-state index is 0.738. The van der Waals surface area contributed by atoms with Crippen LogP contribution in [0.15, 0.2) is 30.3 Å². The molecule has 0 saturated carbocycles. The number of anilines is 1. The van der Waals surface area contributed by atoms with E-state index in [4.69, 9.17) is 0 Å². The predicted octanol–water partition coefficient (Wildman–Crippen LogP) is 7.36. The molecule has 0 aliphatic carbocycles. The maximum atomic E-state index is 9.95. The maximum Gasteiger partial charge on any atom is 0.0634 e. The fourth-order valence-electron chi connectivity index (χ4n) is 3.19. The molecular formula is C22H39NO. The Balaban J connectivity index is 1.79. The Labute approximate surface area is 150 Å². The molecule has 0 bridgehead atoms. The van der Waals surface area contributed by atoms with Crippen molar-refractivity contribution in [3.63, 3.8) is 0 Å². The fourth-order valence-corrected chi connectivity index (χ4v) is 3.19. The van der Waals surface area contributed by atoms with Crippen LogP contribution in [0.3, 0.4) is 0 Å². The topological polar surface area (TPSA) is 23.5 Å². The first kappa shape index (κ1) is 21.0. The minimum absolute atomic E-state index is 0.738. The molecule has 0 saturated heterocycles. The van der Waals surface area contributed by atoms with Gasteiger partial charge in [0.25, 0.3) is 0 Å². The van der Waals surface area contributed by atoms with Crippen LogP contribution in [0.1, 0.15) is 96.8 Å². The first-order chi connectivity index (χ1) is 11.8. The number of unbranched alkanes of at least 4 members (excludes halogenated alkanes) is 13. The lowest BCUT2D eigenvalue weighted by Crippen LogP contribution is -2.19. The van der Waals surface area contributed by atoms with E-state index in [1.54, 1.807) is 0 Å². The molecule has 0 atom stereocenters. The van der Waals surface area contributed by atoms with Crippen LogP contribution in [0.5, 0.6) is 0 Å². The first-order valence-electron chi connectivity index (χ1n) is 10.4. The van der Waals surface area contributed by atoms with Gasteiger partial charge in [-0.05, 0) is 18.6 Å². The number of hydrogen-bond donors (Lipinski definition) is 1. The summed E-state index contributed by atoms with van der Waals surface area (Å²) in [6, 6.07) is 9.80. The Bertz CT molecular complexity index is 365. The highest BCUT2D eigenvalue weighted by molar-refractivity contribution is 5.42. The average molecular weight is 334 g/mol. The van der Waals surface area contributed by atoms with Gasteiger partial charge < -0.3 is 0 Å². The van der Waals surface area contributed by atoms with Crippen molar-refractivity contribution in [2.75, 3.05) is 11.6 Å². The summed E-state index contributed by atoms with van der Waals surface area (Å²) in [4.78, 5) is 0. The van der Waals surface area contributed by atoms with Gasteiger partial charge in [-0.2, -0.15) is 0 Å². The molecule has 0 amide bonds. The number of hydrogen-bond acceptors (Lipinski definition) is 2. The van der Waals surface area contributed by atoms with Gasteiger partial charge in [0, 0.05) is 6.54 Å². The third kappa shape index (κ3) is 11.5. The second-order valence-corrected chi connectivity index (χ2v) is 7.05. The van der Waals surface area contributed by atoms with Crippen molar-refractivity contribution in [2.45, 2.75) is 96.8 Å². The number of nitrogens with zero attached hydrogens (tertiary/aromatic N) is 1. The zero-order chi connectivity index (χ0) is 17.3. The van der Waals surface area contributed by atoms with Gasteiger partial charge in [0.05, 0.1) is 5.69 Å². The van der Waals surface area contributed by atoms with Crippen molar-refractivity contribution >= 4 is 5.69 Å². The van der Waals surface area contributed by atoms with Crippen LogP contribution < -0.4 is 5.06 Å². The molecule has 138 valence electrons. The van der Waals surface area contributed by atoms with Gasteiger partial charge in [-0.1, -0.05) is 109 Å². The number of rotatable bonds is 16. The van der Waals surface area contributed by atoms with E-state index < -0.39 is 0 Å². The number of benzene rings is 1. The van der Waals surface area contributed by atoms with E-state index in [9.17, 15) is 5.21 Å². The summed E-state index contributed by atoms with van der Waals surface area (Å²) in [5, 5.41) is 11.3. The van der Waals surface area contributed by atoms with E-state index in [0.29, 0.717) is 0 Å². The standard InChI is InChI=1S/C22H39NO/c1-2-3-4-5-6-7-8-9-10-11-12-13-14-18-21-23(24)22-19-16-15-17-20-22/h15-17,19-20,24H,2-14,18,21H2,1H3. The van der Waals surface area contributed by atoms with Crippen molar-refractivity contribution in [3.8, 4) is 0 Å². The Hall–Kier alpha value is -1.02. The van der Waals surface area contributed by atoms with Gasteiger partial charge in [0.2, 0.25) is 0 Å². The quantitative estimate of drug-likeness (QED) is 0.252. The van der Waals surface area contributed by atoms with E-state index in [1.807, 2.05) is 30.3 Å². The highest BCUT2D eigenvalue weighted by Gasteiger charge is 2.01. The second kappa shape index (κ2) is 15.5. The molecule has 1 N–H and O–H groups in total. The molecule has 1 aromatic carbocycles. The molecule has 0 aliphatic heterocycles. The Kier molecular flexibility index (Phi) is 13.6. The van der Waals surface area contributed by atoms with Crippen LogP contribution in [0.25, 0.3) is 0 Å².